The Labute approximate surface area is 114 Å². The quantitative estimate of drug-likeness (QED) is 0.671. The summed E-state index contributed by atoms with van der Waals surface area (Å²) in [6, 6.07) is 10.5. The number of para-hydroxylation sites is 1. The summed E-state index contributed by atoms with van der Waals surface area (Å²) in [6.07, 6.45) is 0. The van der Waals surface area contributed by atoms with Crippen molar-refractivity contribution >= 4 is 35.0 Å². The molecule has 2 nitrogen and oxygen atoms in total. The molecule has 0 spiro atoms. The highest BCUT2D eigenvalue weighted by Crippen LogP contribution is 2.31. The average molecular weight is 286 g/mol. The van der Waals surface area contributed by atoms with Gasteiger partial charge in [0.25, 0.3) is 0 Å². The first-order chi connectivity index (χ1) is 8.16. The van der Waals surface area contributed by atoms with Crippen LogP contribution >= 0.6 is 35.0 Å². The van der Waals surface area contributed by atoms with E-state index < -0.39 is 0 Å². The van der Waals surface area contributed by atoms with Crippen LogP contribution in [0, 0.1) is 0 Å². The van der Waals surface area contributed by atoms with Crippen LogP contribution in [0.1, 0.15) is 5.69 Å². The number of phenolic OH excluding ortho intramolecular Hbond substituents is 1. The smallest absolute Gasteiger partial charge is 0.129 e. The van der Waals surface area contributed by atoms with Gasteiger partial charge in [-0.2, -0.15) is 0 Å². The minimum Gasteiger partial charge on any atom is -0.507 e. The van der Waals surface area contributed by atoms with E-state index in [1.54, 1.807) is 24.3 Å². The van der Waals surface area contributed by atoms with Gasteiger partial charge in [-0.15, -0.1) is 11.8 Å². The maximum atomic E-state index is 9.61. The average Bonchev–Trinajstić information content (AvgIpc) is 2.32. The van der Waals surface area contributed by atoms with Crippen LogP contribution in [0.25, 0.3) is 0 Å². The second-order valence-electron chi connectivity index (χ2n) is 3.32. The fraction of sp³-hybridized carbons (Fsp3) is 0.0833. The molecule has 2 rings (SSSR count). The highest BCUT2D eigenvalue weighted by molar-refractivity contribution is 7.98. The molecule has 0 fully saturated rings. The number of hydrogen-bond acceptors (Lipinski definition) is 3. The topological polar surface area (TPSA) is 33.1 Å². The van der Waals surface area contributed by atoms with Crippen LogP contribution in [-0.2, 0) is 5.75 Å². The third-order valence-electron chi connectivity index (χ3n) is 2.11. The summed E-state index contributed by atoms with van der Waals surface area (Å²) in [5.74, 6) is 0.826. The first-order valence-electron chi connectivity index (χ1n) is 4.88. The van der Waals surface area contributed by atoms with Crippen molar-refractivity contribution in [3.63, 3.8) is 0 Å². The van der Waals surface area contributed by atoms with Gasteiger partial charge in [0.1, 0.15) is 10.9 Å². The van der Waals surface area contributed by atoms with Crippen LogP contribution in [0.15, 0.2) is 41.3 Å². The molecule has 0 aliphatic carbocycles. The number of phenols is 1. The molecule has 2 aromatic rings. The molecule has 0 bridgehead atoms. The van der Waals surface area contributed by atoms with Crippen molar-refractivity contribution in [3.8, 4) is 5.75 Å². The van der Waals surface area contributed by atoms with E-state index in [2.05, 4.69) is 4.98 Å². The number of aromatic hydroxyl groups is 1. The predicted molar refractivity (Wildman–Crippen MR) is 71.9 cm³/mol. The Morgan fingerprint density at radius 3 is 2.65 bits per heavy atom. The lowest BCUT2D eigenvalue weighted by molar-refractivity contribution is 0.462. The molecule has 5 heteroatoms. The number of thioether (sulfide) groups is 1. The Morgan fingerprint density at radius 1 is 1.12 bits per heavy atom. The van der Waals surface area contributed by atoms with Crippen LogP contribution in [0.3, 0.4) is 0 Å². The van der Waals surface area contributed by atoms with E-state index in [1.807, 2.05) is 12.1 Å². The Morgan fingerprint density at radius 2 is 1.88 bits per heavy atom. The van der Waals surface area contributed by atoms with Gasteiger partial charge >= 0.3 is 0 Å². The van der Waals surface area contributed by atoms with Crippen molar-refractivity contribution in [2.45, 2.75) is 10.6 Å². The van der Waals surface area contributed by atoms with Gasteiger partial charge in [0.15, 0.2) is 0 Å². The standard InChI is InChI=1S/C12H9Cl2NOS/c13-8-5-6-12(14)15-9(8)7-17-11-4-2-1-3-10(11)16/h1-6,16H,7H2. The van der Waals surface area contributed by atoms with E-state index in [4.69, 9.17) is 23.2 Å². The maximum absolute atomic E-state index is 9.61. The summed E-state index contributed by atoms with van der Waals surface area (Å²) in [7, 11) is 0. The molecule has 1 aromatic heterocycles. The summed E-state index contributed by atoms with van der Waals surface area (Å²) in [5, 5.41) is 10.6. The van der Waals surface area contributed by atoms with Crippen LogP contribution in [0.2, 0.25) is 10.2 Å². The second kappa shape index (κ2) is 5.63. The van der Waals surface area contributed by atoms with Gasteiger partial charge in [-0.25, -0.2) is 4.98 Å². The van der Waals surface area contributed by atoms with Crippen LogP contribution < -0.4 is 0 Å². The summed E-state index contributed by atoms with van der Waals surface area (Å²) in [4.78, 5) is 4.95. The minimum atomic E-state index is 0.260. The third-order valence-corrected chi connectivity index (χ3v) is 3.74. The number of rotatable bonds is 3. The lowest BCUT2D eigenvalue weighted by atomic mass is 10.3. The lowest BCUT2D eigenvalue weighted by Crippen LogP contribution is -1.89. The monoisotopic (exact) mass is 285 g/mol. The van der Waals surface area contributed by atoms with Crippen molar-refractivity contribution in [2.75, 3.05) is 0 Å². The van der Waals surface area contributed by atoms with Crippen molar-refractivity contribution in [1.29, 1.82) is 0 Å². The molecular weight excluding hydrogens is 277 g/mol. The predicted octanol–water partition coefficient (Wildman–Crippen LogP) is 4.39. The molecule has 88 valence electrons. The molecule has 0 amide bonds. The molecule has 0 saturated heterocycles. The first kappa shape index (κ1) is 12.6. The molecule has 1 heterocycles. The van der Waals surface area contributed by atoms with Crippen molar-refractivity contribution in [2.24, 2.45) is 0 Å². The number of nitrogens with zero attached hydrogens (tertiary/aromatic N) is 1. The van der Waals surface area contributed by atoms with Crippen LogP contribution in [0.5, 0.6) is 5.75 Å². The largest absolute Gasteiger partial charge is 0.507 e. The van der Waals surface area contributed by atoms with Crippen molar-refractivity contribution in [1.82, 2.24) is 4.98 Å². The SMILES string of the molecule is Oc1ccccc1SCc1nc(Cl)ccc1Cl. The van der Waals surface area contributed by atoms with E-state index in [1.165, 1.54) is 11.8 Å². The van der Waals surface area contributed by atoms with Gasteiger partial charge in [0, 0.05) is 10.6 Å². The fourth-order valence-electron chi connectivity index (χ4n) is 1.28. The van der Waals surface area contributed by atoms with Gasteiger partial charge in [0.05, 0.1) is 10.7 Å². The van der Waals surface area contributed by atoms with E-state index in [9.17, 15) is 5.11 Å². The molecule has 1 N–H and O–H groups in total. The molecule has 0 aliphatic heterocycles. The number of benzene rings is 1. The fourth-order valence-corrected chi connectivity index (χ4v) is 2.60. The number of halogens is 2. The lowest BCUT2D eigenvalue weighted by Gasteiger charge is -2.05. The number of pyridine rings is 1. The van der Waals surface area contributed by atoms with Gasteiger partial charge in [0.2, 0.25) is 0 Å². The Bertz CT molecular complexity index is 534. The molecular formula is C12H9Cl2NOS. The summed E-state index contributed by atoms with van der Waals surface area (Å²) < 4.78 is 0. The Kier molecular flexibility index (Phi) is 4.15. The van der Waals surface area contributed by atoms with E-state index >= 15 is 0 Å². The van der Waals surface area contributed by atoms with Gasteiger partial charge in [-0.1, -0.05) is 35.3 Å². The molecule has 0 radical (unpaired) electrons. The van der Waals surface area contributed by atoms with Gasteiger partial charge in [-0.3, -0.25) is 0 Å². The molecule has 0 unspecified atom stereocenters. The van der Waals surface area contributed by atoms with Gasteiger partial charge in [-0.05, 0) is 24.3 Å². The highest BCUT2D eigenvalue weighted by atomic mass is 35.5. The van der Waals surface area contributed by atoms with Crippen molar-refractivity contribution < 1.29 is 5.11 Å². The molecule has 0 saturated carbocycles. The molecule has 1 aromatic carbocycles. The molecule has 17 heavy (non-hydrogen) atoms. The van der Waals surface area contributed by atoms with Crippen molar-refractivity contribution in [3.05, 3.63) is 52.3 Å². The minimum absolute atomic E-state index is 0.260. The third kappa shape index (κ3) is 3.28. The zero-order valence-corrected chi connectivity index (χ0v) is 11.1. The highest BCUT2D eigenvalue weighted by Gasteiger charge is 2.06. The van der Waals surface area contributed by atoms with Gasteiger partial charge < -0.3 is 5.11 Å². The van der Waals surface area contributed by atoms with E-state index in [0.717, 1.165) is 4.90 Å². The summed E-state index contributed by atoms with van der Waals surface area (Å²) in [5.41, 5.74) is 0.715. The first-order valence-corrected chi connectivity index (χ1v) is 6.62. The normalized spacial score (nSPS) is 10.5. The Hall–Kier alpha value is -0.900. The summed E-state index contributed by atoms with van der Waals surface area (Å²) in [6.45, 7) is 0. The van der Waals surface area contributed by atoms with E-state index in [0.29, 0.717) is 21.6 Å². The number of hydrogen-bond donors (Lipinski definition) is 1. The molecule has 0 atom stereocenters. The number of aromatic nitrogens is 1. The molecule has 0 aliphatic rings. The Balaban J connectivity index is 2.12. The van der Waals surface area contributed by atoms with Crippen LogP contribution in [-0.4, -0.2) is 10.1 Å². The maximum Gasteiger partial charge on any atom is 0.129 e. The van der Waals surface area contributed by atoms with Crippen LogP contribution in [0.4, 0.5) is 0 Å². The summed E-state index contributed by atoms with van der Waals surface area (Å²) >= 11 is 13.3. The zero-order valence-electron chi connectivity index (χ0n) is 8.73. The second-order valence-corrected chi connectivity index (χ2v) is 5.13. The van der Waals surface area contributed by atoms with E-state index in [-0.39, 0.29) is 5.75 Å². The zero-order chi connectivity index (χ0) is 12.3.